The van der Waals surface area contributed by atoms with Crippen LogP contribution < -0.4 is 26.3 Å². The molecule has 2 aliphatic carbocycles. The van der Waals surface area contributed by atoms with E-state index in [0.717, 1.165) is 5.69 Å². The Morgan fingerprint density at radius 1 is 0.698 bits per heavy atom. The van der Waals surface area contributed by atoms with Crippen molar-refractivity contribution in [3.63, 3.8) is 0 Å². The van der Waals surface area contributed by atoms with Gasteiger partial charge >= 0.3 is 11.9 Å². The van der Waals surface area contributed by atoms with E-state index < -0.39 is 40.9 Å². The summed E-state index contributed by atoms with van der Waals surface area (Å²) < 4.78 is 12.2. The van der Waals surface area contributed by atoms with Gasteiger partial charge in [0, 0.05) is 96.2 Å². The highest BCUT2D eigenvalue weighted by molar-refractivity contribution is 6.41. The number of nitrogens with zero attached hydrogens (tertiary/aromatic N) is 2. The lowest BCUT2D eigenvalue weighted by Crippen LogP contribution is -2.36. The fraction of sp³-hybridized carbons (Fsp3) is 0.106. The molecule has 2 heterocycles. The number of halogens is 2. The molecule has 8 rings (SSSR count). The number of carboxylic acids is 2. The molecule has 316 valence electrons. The van der Waals surface area contributed by atoms with Gasteiger partial charge in [-0.3, -0.25) is 19.4 Å². The lowest BCUT2D eigenvalue weighted by molar-refractivity contribution is -0.120. The van der Waals surface area contributed by atoms with Crippen LogP contribution in [0.25, 0.3) is 66.8 Å². The molecular weight excluding hydrogens is 851 g/mol. The van der Waals surface area contributed by atoms with Crippen LogP contribution in [0.2, 0.25) is 10.0 Å². The first-order valence-corrected chi connectivity index (χ1v) is 19.9. The van der Waals surface area contributed by atoms with Crippen LogP contribution in [0.15, 0.2) is 116 Å². The molecule has 63 heavy (non-hydrogen) atoms. The van der Waals surface area contributed by atoms with E-state index in [1.54, 1.807) is 55.6 Å². The third-order valence-electron chi connectivity index (χ3n) is 10.5. The summed E-state index contributed by atoms with van der Waals surface area (Å²) in [5.74, 6) is -3.75. The summed E-state index contributed by atoms with van der Waals surface area (Å²) in [5, 5.41) is 37.2. The van der Waals surface area contributed by atoms with Crippen LogP contribution >= 0.6 is 23.2 Å². The number of anilines is 1. The highest BCUT2D eigenvalue weighted by Crippen LogP contribution is 2.47. The third-order valence-corrected chi connectivity index (χ3v) is 11.2. The molecule has 0 saturated heterocycles. The van der Waals surface area contributed by atoms with Gasteiger partial charge in [0.2, 0.25) is 5.91 Å². The van der Waals surface area contributed by atoms with Crippen molar-refractivity contribution in [2.45, 2.75) is 6.54 Å². The Kier molecular flexibility index (Phi) is 11.1. The standard InChI is InChI=1S/C47H34Cl2N4O10/c1-50-23-5-10-30-35(15-23)62-36-16-24(53(2)3)6-11-31(36)41(30)42-34(48)19-33(44(49)43(42)47(60)61)45(57)52-21-39(56)51-20-22-4-9-27(32(14-22)46(58)59)40-28-12-7-25(54)17-37(28)63-38-18-26(55)8-13-29(38)40/h4-19,54H,20-21H2,1-3H3,(H,51,56)(H,52,57)(H,58,59)(H,60,61)/b50-23-. The molecule has 0 fully saturated rings. The average Bonchev–Trinajstić information content (AvgIpc) is 3.25. The maximum Gasteiger partial charge on any atom is 0.337 e. The van der Waals surface area contributed by atoms with E-state index >= 15 is 0 Å². The van der Waals surface area contributed by atoms with Gasteiger partial charge in [-0.2, -0.15) is 0 Å². The predicted octanol–water partition coefficient (Wildman–Crippen LogP) is 8.13. The van der Waals surface area contributed by atoms with Crippen LogP contribution in [0.5, 0.6) is 5.75 Å². The zero-order chi connectivity index (χ0) is 44.9. The molecule has 0 atom stereocenters. The number of rotatable bonds is 10. The average molecular weight is 886 g/mol. The molecule has 4 aliphatic rings. The quantitative estimate of drug-likeness (QED) is 0.0828. The molecule has 16 heteroatoms. The van der Waals surface area contributed by atoms with Gasteiger partial charge in [-0.25, -0.2) is 9.59 Å². The number of aromatic hydroxyl groups is 1. The maximum atomic E-state index is 13.6. The predicted molar refractivity (Wildman–Crippen MR) is 238 cm³/mol. The van der Waals surface area contributed by atoms with Crippen molar-refractivity contribution >= 4 is 74.6 Å². The Morgan fingerprint density at radius 2 is 1.37 bits per heavy atom. The topological polar surface area (TPSA) is 212 Å². The summed E-state index contributed by atoms with van der Waals surface area (Å²) in [4.78, 5) is 70.6. The monoisotopic (exact) mass is 884 g/mol. The molecule has 4 aromatic rings. The van der Waals surface area contributed by atoms with E-state index in [-0.39, 0.29) is 50.8 Å². The number of fused-ring (bicyclic) bond motifs is 4. The largest absolute Gasteiger partial charge is 0.508 e. The fourth-order valence-corrected chi connectivity index (χ4v) is 8.17. The second kappa shape index (κ2) is 16.6. The normalized spacial score (nSPS) is 11.7. The van der Waals surface area contributed by atoms with E-state index in [1.807, 2.05) is 25.1 Å². The molecule has 2 amide bonds. The van der Waals surface area contributed by atoms with Gasteiger partial charge in [-0.1, -0.05) is 35.3 Å². The first-order chi connectivity index (χ1) is 30.1. The summed E-state index contributed by atoms with van der Waals surface area (Å²) in [6, 6.07) is 25.0. The molecule has 0 bridgehead atoms. The maximum absolute atomic E-state index is 13.6. The minimum Gasteiger partial charge on any atom is -0.508 e. The molecule has 5 N–H and O–H groups in total. The van der Waals surface area contributed by atoms with E-state index in [1.165, 1.54) is 42.5 Å². The Labute approximate surface area is 366 Å². The number of carbonyl (C=O) groups excluding carboxylic acids is 2. The van der Waals surface area contributed by atoms with Crippen molar-refractivity contribution in [1.82, 2.24) is 10.6 Å². The minimum absolute atomic E-state index is 0.0549. The van der Waals surface area contributed by atoms with Gasteiger partial charge in [-0.15, -0.1) is 0 Å². The van der Waals surface area contributed by atoms with Crippen molar-refractivity contribution in [2.24, 2.45) is 4.99 Å². The molecule has 0 unspecified atom stereocenters. The van der Waals surface area contributed by atoms with E-state index in [9.17, 15) is 39.3 Å². The summed E-state index contributed by atoms with van der Waals surface area (Å²) in [5.41, 5.74) is 2.94. The lowest BCUT2D eigenvalue weighted by atomic mass is 9.89. The highest BCUT2D eigenvalue weighted by Gasteiger charge is 2.30. The summed E-state index contributed by atoms with van der Waals surface area (Å²) >= 11 is 13.6. The van der Waals surface area contributed by atoms with Gasteiger partial charge in [0.25, 0.3) is 5.91 Å². The Balaban J connectivity index is 1.06. The molecule has 0 spiro atoms. The zero-order valence-corrected chi connectivity index (χ0v) is 35.0. The first kappa shape index (κ1) is 42.0. The number of amides is 2. The van der Waals surface area contributed by atoms with Gasteiger partial charge in [0.05, 0.1) is 38.6 Å². The Bertz CT molecular complexity index is 3300. The Hall–Kier alpha value is -7.68. The smallest absolute Gasteiger partial charge is 0.337 e. The molecule has 2 aliphatic heterocycles. The summed E-state index contributed by atoms with van der Waals surface area (Å²) in [7, 11) is 5.37. The van der Waals surface area contributed by atoms with Gasteiger partial charge in [-0.05, 0) is 71.8 Å². The molecule has 14 nitrogen and oxygen atoms in total. The Morgan fingerprint density at radius 3 is 2.08 bits per heavy atom. The number of carboxylic acid groups (broad SMARTS) is 2. The number of aromatic carboxylic acids is 2. The van der Waals surface area contributed by atoms with Crippen molar-refractivity contribution in [3.05, 3.63) is 145 Å². The van der Waals surface area contributed by atoms with Crippen LogP contribution in [-0.4, -0.2) is 66.8 Å². The van der Waals surface area contributed by atoms with Crippen LogP contribution in [0, 0.1) is 0 Å². The highest BCUT2D eigenvalue weighted by atomic mass is 35.5. The van der Waals surface area contributed by atoms with Crippen molar-refractivity contribution in [2.75, 3.05) is 32.6 Å². The first-order valence-electron chi connectivity index (χ1n) is 19.1. The lowest BCUT2D eigenvalue weighted by Gasteiger charge is -2.21. The number of hydrogen-bond donors (Lipinski definition) is 5. The van der Waals surface area contributed by atoms with E-state index in [0.29, 0.717) is 60.9 Å². The van der Waals surface area contributed by atoms with Crippen LogP contribution in [-0.2, 0) is 11.3 Å². The van der Waals surface area contributed by atoms with Crippen LogP contribution in [0.4, 0.5) is 5.69 Å². The van der Waals surface area contributed by atoms with Gasteiger partial charge in [0.1, 0.15) is 28.4 Å². The number of phenolic OH excluding ortho intramolecular Hbond substituents is 1. The second-order valence-electron chi connectivity index (χ2n) is 14.7. The van der Waals surface area contributed by atoms with E-state index in [2.05, 4.69) is 15.6 Å². The molecule has 0 saturated carbocycles. The van der Waals surface area contributed by atoms with Gasteiger partial charge in [0.15, 0.2) is 5.43 Å². The summed E-state index contributed by atoms with van der Waals surface area (Å²) in [6.45, 7) is -0.691. The number of nitrogens with one attached hydrogen (secondary N) is 2. The SMILES string of the molecule is C/N=c1/ccc2c(-c3c(Cl)cc(C(=O)NCC(=O)NCc4ccc(-c5c6ccc(=O)cc-6oc6cc(O)ccc56)c(C(=O)O)c4)c(Cl)c3C(=O)O)c3ccc(N(C)C)cc3oc-2c1. The number of carbonyl (C=O) groups is 4. The third kappa shape index (κ3) is 7.89. The number of phenols is 1. The summed E-state index contributed by atoms with van der Waals surface area (Å²) in [6.07, 6.45) is 0. The van der Waals surface area contributed by atoms with Crippen molar-refractivity contribution in [1.29, 1.82) is 0 Å². The minimum atomic E-state index is -1.46. The van der Waals surface area contributed by atoms with Crippen molar-refractivity contribution in [3.8, 4) is 50.7 Å². The number of hydrogen-bond acceptors (Lipinski definition) is 10. The molecular formula is C47H34Cl2N4O10. The van der Waals surface area contributed by atoms with Gasteiger partial charge < -0.3 is 39.7 Å². The fourth-order valence-electron chi connectivity index (χ4n) is 7.56. The van der Waals surface area contributed by atoms with Crippen LogP contribution in [0.3, 0.4) is 0 Å². The van der Waals surface area contributed by atoms with E-state index in [4.69, 9.17) is 32.0 Å². The van der Waals surface area contributed by atoms with Crippen molar-refractivity contribution < 1.29 is 43.3 Å². The zero-order valence-electron chi connectivity index (χ0n) is 33.5. The number of benzene rings is 6. The molecule has 0 radical (unpaired) electrons. The van der Waals surface area contributed by atoms with Crippen LogP contribution in [0.1, 0.15) is 36.6 Å². The second-order valence-corrected chi connectivity index (χ2v) is 15.5. The molecule has 4 aromatic carbocycles. The molecule has 0 aromatic heterocycles.